The van der Waals surface area contributed by atoms with Gasteiger partial charge in [-0.3, -0.25) is 9.59 Å². The van der Waals surface area contributed by atoms with Crippen molar-refractivity contribution in [2.24, 2.45) is 11.8 Å². The molecule has 30 heavy (non-hydrogen) atoms. The Morgan fingerprint density at radius 2 is 1.60 bits per heavy atom. The van der Waals surface area contributed by atoms with Crippen molar-refractivity contribution < 1.29 is 19.1 Å². The first-order valence-electron chi connectivity index (χ1n) is 11.4. The van der Waals surface area contributed by atoms with E-state index in [0.717, 1.165) is 68.7 Å². The number of likely N-dealkylation sites (tertiary alicyclic amines) is 2. The third kappa shape index (κ3) is 4.14. The second kappa shape index (κ2) is 9.27. The lowest BCUT2D eigenvalue weighted by Crippen LogP contribution is -2.42. The smallest absolute Gasteiger partial charge is 0.228 e. The summed E-state index contributed by atoms with van der Waals surface area (Å²) in [6.45, 7) is 2.74. The Morgan fingerprint density at radius 1 is 0.867 bits per heavy atom. The molecular formula is C24H34N2O4. The van der Waals surface area contributed by atoms with Crippen molar-refractivity contribution in [2.45, 2.75) is 50.9 Å². The third-order valence-corrected chi connectivity index (χ3v) is 7.16. The summed E-state index contributed by atoms with van der Waals surface area (Å²) >= 11 is 0. The summed E-state index contributed by atoms with van der Waals surface area (Å²) in [5.41, 5.74) is 0.967. The van der Waals surface area contributed by atoms with E-state index in [9.17, 15) is 9.59 Å². The zero-order valence-corrected chi connectivity index (χ0v) is 18.3. The minimum absolute atomic E-state index is 0.0742. The van der Waals surface area contributed by atoms with Crippen LogP contribution in [0.4, 0.5) is 0 Å². The predicted molar refractivity (Wildman–Crippen MR) is 115 cm³/mol. The highest BCUT2D eigenvalue weighted by atomic mass is 16.5. The fraction of sp³-hybridized carbons (Fsp3) is 0.667. The van der Waals surface area contributed by atoms with E-state index in [-0.39, 0.29) is 29.6 Å². The number of piperidine rings is 1. The quantitative estimate of drug-likeness (QED) is 0.741. The molecule has 164 valence electrons. The van der Waals surface area contributed by atoms with Gasteiger partial charge < -0.3 is 19.3 Å². The molecule has 6 heteroatoms. The van der Waals surface area contributed by atoms with E-state index in [0.29, 0.717) is 13.1 Å². The fourth-order valence-corrected chi connectivity index (χ4v) is 5.46. The van der Waals surface area contributed by atoms with Gasteiger partial charge in [0.1, 0.15) is 11.5 Å². The van der Waals surface area contributed by atoms with Gasteiger partial charge in [-0.2, -0.15) is 0 Å². The summed E-state index contributed by atoms with van der Waals surface area (Å²) in [5.74, 6) is 1.74. The van der Waals surface area contributed by atoms with E-state index >= 15 is 0 Å². The molecule has 3 aliphatic rings. The number of nitrogens with zero attached hydrogens (tertiary/aromatic N) is 2. The van der Waals surface area contributed by atoms with Crippen LogP contribution in [0.1, 0.15) is 56.4 Å². The molecule has 0 radical (unpaired) electrons. The Hall–Kier alpha value is -2.24. The first-order chi connectivity index (χ1) is 14.6. The van der Waals surface area contributed by atoms with E-state index < -0.39 is 0 Å². The summed E-state index contributed by atoms with van der Waals surface area (Å²) < 4.78 is 11.1. The summed E-state index contributed by atoms with van der Waals surface area (Å²) in [6.07, 6.45) is 7.54. The van der Waals surface area contributed by atoms with Crippen LogP contribution in [0.15, 0.2) is 18.2 Å². The Labute approximate surface area is 179 Å². The fourth-order valence-electron chi connectivity index (χ4n) is 5.46. The molecule has 4 rings (SSSR count). The standard InChI is InChI=1S/C24H34N2O4/c1-29-18-10-11-22(30-2)19(14-18)20-15-26(23(27)17-8-4-5-9-17)16-21(20)24(28)25-12-6-3-7-13-25/h10-11,14,17,20-21H,3-9,12-13,15-16H2,1-2H3. The maximum atomic E-state index is 13.5. The van der Waals surface area contributed by atoms with E-state index in [4.69, 9.17) is 9.47 Å². The molecule has 6 nitrogen and oxygen atoms in total. The van der Waals surface area contributed by atoms with Crippen LogP contribution in [0.3, 0.4) is 0 Å². The van der Waals surface area contributed by atoms with Crippen molar-refractivity contribution in [3.63, 3.8) is 0 Å². The number of methoxy groups -OCH3 is 2. The molecule has 0 N–H and O–H groups in total. The molecule has 0 bridgehead atoms. The highest BCUT2D eigenvalue weighted by Gasteiger charge is 2.44. The molecule has 1 aliphatic carbocycles. The number of rotatable bonds is 5. The topological polar surface area (TPSA) is 59.1 Å². The molecule has 0 aromatic heterocycles. The van der Waals surface area contributed by atoms with Gasteiger partial charge in [-0.05, 0) is 50.3 Å². The molecular weight excluding hydrogens is 380 g/mol. The van der Waals surface area contributed by atoms with Crippen LogP contribution in [0.25, 0.3) is 0 Å². The molecule has 2 saturated heterocycles. The van der Waals surface area contributed by atoms with Gasteiger partial charge in [-0.1, -0.05) is 12.8 Å². The zero-order chi connectivity index (χ0) is 21.1. The van der Waals surface area contributed by atoms with Crippen molar-refractivity contribution in [1.29, 1.82) is 0 Å². The Kier molecular flexibility index (Phi) is 6.49. The van der Waals surface area contributed by atoms with Crippen LogP contribution in [-0.2, 0) is 9.59 Å². The highest BCUT2D eigenvalue weighted by Crippen LogP contribution is 2.41. The number of hydrogen-bond acceptors (Lipinski definition) is 4. The predicted octanol–water partition coefficient (Wildman–Crippen LogP) is 3.45. The molecule has 2 amide bonds. The first kappa shape index (κ1) is 21.0. The second-order valence-electron chi connectivity index (χ2n) is 8.93. The molecule has 1 aromatic rings. The van der Waals surface area contributed by atoms with Crippen LogP contribution in [0, 0.1) is 11.8 Å². The van der Waals surface area contributed by atoms with Crippen LogP contribution in [-0.4, -0.2) is 62.0 Å². The average Bonchev–Trinajstić information content (AvgIpc) is 3.49. The minimum atomic E-state index is -0.227. The molecule has 0 spiro atoms. The van der Waals surface area contributed by atoms with E-state index in [1.165, 1.54) is 6.42 Å². The van der Waals surface area contributed by atoms with Crippen LogP contribution in [0.2, 0.25) is 0 Å². The van der Waals surface area contributed by atoms with E-state index in [1.54, 1.807) is 14.2 Å². The summed E-state index contributed by atoms with van der Waals surface area (Å²) in [6, 6.07) is 5.75. The van der Waals surface area contributed by atoms with Crippen LogP contribution in [0.5, 0.6) is 11.5 Å². The van der Waals surface area contributed by atoms with Crippen molar-refractivity contribution in [1.82, 2.24) is 9.80 Å². The molecule has 3 fully saturated rings. The second-order valence-corrected chi connectivity index (χ2v) is 8.93. The van der Waals surface area contributed by atoms with Gasteiger partial charge in [0.15, 0.2) is 0 Å². The van der Waals surface area contributed by atoms with Crippen molar-refractivity contribution in [3.05, 3.63) is 23.8 Å². The number of amides is 2. The minimum Gasteiger partial charge on any atom is -0.497 e. The Balaban J connectivity index is 1.64. The molecule has 2 unspecified atom stereocenters. The first-order valence-corrected chi connectivity index (χ1v) is 11.4. The van der Waals surface area contributed by atoms with E-state index in [1.807, 2.05) is 28.0 Å². The normalized spacial score (nSPS) is 24.9. The summed E-state index contributed by atoms with van der Waals surface area (Å²) in [7, 11) is 3.30. The third-order valence-electron chi connectivity index (χ3n) is 7.16. The van der Waals surface area contributed by atoms with Crippen molar-refractivity contribution >= 4 is 11.8 Å². The largest absolute Gasteiger partial charge is 0.497 e. The van der Waals surface area contributed by atoms with Gasteiger partial charge in [0.2, 0.25) is 11.8 Å². The Bertz CT molecular complexity index is 768. The zero-order valence-electron chi connectivity index (χ0n) is 18.3. The van der Waals surface area contributed by atoms with Gasteiger partial charge in [0, 0.05) is 43.6 Å². The van der Waals surface area contributed by atoms with Gasteiger partial charge in [0.25, 0.3) is 0 Å². The van der Waals surface area contributed by atoms with Gasteiger partial charge in [0.05, 0.1) is 20.1 Å². The number of benzene rings is 1. The Morgan fingerprint density at radius 3 is 2.27 bits per heavy atom. The van der Waals surface area contributed by atoms with Crippen LogP contribution < -0.4 is 9.47 Å². The van der Waals surface area contributed by atoms with Crippen molar-refractivity contribution in [2.75, 3.05) is 40.4 Å². The van der Waals surface area contributed by atoms with Crippen LogP contribution >= 0.6 is 0 Å². The SMILES string of the molecule is COc1ccc(OC)c(C2CN(C(=O)C3CCCC3)CC2C(=O)N2CCCCC2)c1. The van der Waals surface area contributed by atoms with Gasteiger partial charge in [-0.15, -0.1) is 0 Å². The summed E-state index contributed by atoms with van der Waals surface area (Å²) in [5, 5.41) is 0. The number of ether oxygens (including phenoxy) is 2. The lowest BCUT2D eigenvalue weighted by Gasteiger charge is -2.31. The lowest BCUT2D eigenvalue weighted by atomic mass is 9.86. The molecule has 1 saturated carbocycles. The molecule has 2 heterocycles. The number of carbonyl (C=O) groups is 2. The average molecular weight is 415 g/mol. The highest BCUT2D eigenvalue weighted by molar-refractivity contribution is 5.84. The number of hydrogen-bond donors (Lipinski definition) is 0. The molecule has 2 aliphatic heterocycles. The maximum Gasteiger partial charge on any atom is 0.228 e. The summed E-state index contributed by atoms with van der Waals surface area (Å²) in [4.78, 5) is 30.7. The molecule has 1 aromatic carbocycles. The lowest BCUT2D eigenvalue weighted by molar-refractivity contribution is -0.137. The van der Waals surface area contributed by atoms with Crippen molar-refractivity contribution in [3.8, 4) is 11.5 Å². The maximum absolute atomic E-state index is 13.5. The number of carbonyl (C=O) groups excluding carboxylic acids is 2. The van der Waals surface area contributed by atoms with Gasteiger partial charge >= 0.3 is 0 Å². The molecule has 2 atom stereocenters. The monoisotopic (exact) mass is 414 g/mol. The van der Waals surface area contributed by atoms with E-state index in [2.05, 4.69) is 0 Å². The van der Waals surface area contributed by atoms with Gasteiger partial charge in [-0.25, -0.2) is 0 Å².